The third-order valence-electron chi connectivity index (χ3n) is 4.25. The number of fused-ring (bicyclic) bond motifs is 1. The molecule has 0 saturated heterocycles. The molecular weight excluding hydrogens is 338 g/mol. The largest absolute Gasteiger partial charge is 0.480 e. The van der Waals surface area contributed by atoms with Gasteiger partial charge < -0.3 is 10.0 Å². The van der Waals surface area contributed by atoms with Gasteiger partial charge in [-0.15, -0.1) is 11.3 Å². The molecule has 0 bridgehead atoms. The van der Waals surface area contributed by atoms with Gasteiger partial charge in [0.25, 0.3) is 5.91 Å². The van der Waals surface area contributed by atoms with Gasteiger partial charge in [-0.05, 0) is 25.5 Å². The smallest absolute Gasteiger partial charge is 0.326 e. The first-order valence-corrected chi connectivity index (χ1v) is 8.71. The van der Waals surface area contributed by atoms with Crippen LogP contribution in [-0.4, -0.2) is 44.8 Å². The highest BCUT2D eigenvalue weighted by molar-refractivity contribution is 7.20. The Kier molecular flexibility index (Phi) is 4.59. The van der Waals surface area contributed by atoms with Crippen molar-refractivity contribution >= 4 is 33.4 Å². The number of amides is 1. The minimum atomic E-state index is -1.02. The lowest BCUT2D eigenvalue weighted by molar-refractivity contribution is -0.141. The number of nitrogens with zero attached hydrogens (tertiary/aromatic N) is 3. The Morgan fingerprint density at radius 2 is 2.00 bits per heavy atom. The second-order valence-electron chi connectivity index (χ2n) is 5.99. The Bertz CT molecular complexity index is 930. The molecule has 0 aliphatic heterocycles. The summed E-state index contributed by atoms with van der Waals surface area (Å²) in [6.45, 7) is 4.03. The number of likely N-dealkylation sites (N-methyl/N-ethyl adjacent to an activating group) is 1. The van der Waals surface area contributed by atoms with Gasteiger partial charge in [0, 0.05) is 12.4 Å². The van der Waals surface area contributed by atoms with Gasteiger partial charge >= 0.3 is 5.97 Å². The van der Waals surface area contributed by atoms with Crippen molar-refractivity contribution in [3.05, 3.63) is 52.5 Å². The van der Waals surface area contributed by atoms with Crippen LogP contribution in [0.15, 0.2) is 36.4 Å². The van der Waals surface area contributed by atoms with Crippen LogP contribution in [0, 0.1) is 6.92 Å². The van der Waals surface area contributed by atoms with Crippen molar-refractivity contribution in [1.29, 1.82) is 0 Å². The molecule has 3 rings (SSSR count). The Balaban J connectivity index is 1.94. The van der Waals surface area contributed by atoms with E-state index in [1.165, 1.54) is 30.2 Å². The molecule has 1 unspecified atom stereocenters. The van der Waals surface area contributed by atoms with Crippen molar-refractivity contribution < 1.29 is 14.7 Å². The minimum absolute atomic E-state index is 0.290. The summed E-state index contributed by atoms with van der Waals surface area (Å²) in [4.78, 5) is 26.4. The topological polar surface area (TPSA) is 75.4 Å². The number of rotatable bonds is 5. The van der Waals surface area contributed by atoms with Crippen LogP contribution >= 0.6 is 11.3 Å². The normalized spacial score (nSPS) is 12.3. The van der Waals surface area contributed by atoms with E-state index in [9.17, 15) is 9.59 Å². The first kappa shape index (κ1) is 17.2. The first-order chi connectivity index (χ1) is 11.9. The van der Waals surface area contributed by atoms with Gasteiger partial charge in [-0.25, -0.2) is 4.79 Å². The lowest BCUT2D eigenvalue weighted by Crippen LogP contribution is -2.39. The van der Waals surface area contributed by atoms with Crippen LogP contribution in [0.2, 0.25) is 0 Å². The number of benzene rings is 1. The molecule has 1 amide bonds. The summed E-state index contributed by atoms with van der Waals surface area (Å²) in [5, 5.41) is 14.6. The predicted octanol–water partition coefficient (Wildman–Crippen LogP) is 3.00. The molecule has 25 heavy (non-hydrogen) atoms. The zero-order valence-corrected chi connectivity index (χ0v) is 15.1. The van der Waals surface area contributed by atoms with Crippen LogP contribution in [0.3, 0.4) is 0 Å². The quantitative estimate of drug-likeness (QED) is 0.762. The molecule has 1 N–H and O–H groups in total. The number of carbonyl (C=O) groups is 2. The Hall–Kier alpha value is -2.67. The Labute approximate surface area is 149 Å². The number of aliphatic carboxylic acids is 1. The van der Waals surface area contributed by atoms with Crippen molar-refractivity contribution in [3.8, 4) is 0 Å². The van der Waals surface area contributed by atoms with Crippen molar-refractivity contribution in [2.24, 2.45) is 0 Å². The van der Waals surface area contributed by atoms with E-state index in [0.29, 0.717) is 11.4 Å². The summed E-state index contributed by atoms with van der Waals surface area (Å²) in [7, 11) is 1.51. The van der Waals surface area contributed by atoms with E-state index in [2.05, 4.69) is 5.10 Å². The lowest BCUT2D eigenvalue weighted by Gasteiger charge is -2.20. The summed E-state index contributed by atoms with van der Waals surface area (Å²) < 4.78 is 1.89. The number of aromatic nitrogens is 2. The number of carbonyl (C=O) groups excluding carboxylic acids is 1. The third-order valence-corrected chi connectivity index (χ3v) is 5.39. The molecule has 7 heteroatoms. The maximum absolute atomic E-state index is 12.6. The summed E-state index contributed by atoms with van der Waals surface area (Å²) in [5.74, 6) is -1.31. The fourth-order valence-electron chi connectivity index (χ4n) is 2.60. The van der Waals surface area contributed by atoms with E-state index < -0.39 is 12.0 Å². The minimum Gasteiger partial charge on any atom is -0.480 e. The molecule has 130 valence electrons. The molecule has 0 spiro atoms. The van der Waals surface area contributed by atoms with E-state index in [4.69, 9.17) is 5.11 Å². The number of carboxylic acid groups (broad SMARTS) is 1. The van der Waals surface area contributed by atoms with E-state index in [0.717, 1.165) is 21.5 Å². The highest BCUT2D eigenvalue weighted by atomic mass is 32.1. The number of hydrogen-bond donors (Lipinski definition) is 1. The average Bonchev–Trinajstić information content (AvgIpc) is 3.15. The molecule has 2 heterocycles. The maximum Gasteiger partial charge on any atom is 0.326 e. The fourth-order valence-corrected chi connectivity index (χ4v) is 3.74. The number of aryl methyl sites for hydroxylation is 1. The lowest BCUT2D eigenvalue weighted by atomic mass is 10.2. The van der Waals surface area contributed by atoms with Crippen molar-refractivity contribution in [2.75, 3.05) is 7.05 Å². The summed E-state index contributed by atoms with van der Waals surface area (Å²) in [6, 6.07) is 10.9. The first-order valence-electron chi connectivity index (χ1n) is 7.89. The van der Waals surface area contributed by atoms with Gasteiger partial charge in [-0.3, -0.25) is 9.48 Å². The second kappa shape index (κ2) is 6.68. The van der Waals surface area contributed by atoms with Gasteiger partial charge in [0.15, 0.2) is 0 Å². The number of thiophene rings is 1. The summed E-state index contributed by atoms with van der Waals surface area (Å²) >= 11 is 1.35. The van der Waals surface area contributed by atoms with Crippen molar-refractivity contribution in [1.82, 2.24) is 14.7 Å². The van der Waals surface area contributed by atoms with Gasteiger partial charge in [0.2, 0.25) is 0 Å². The standard InChI is InChI=1S/C18H19N3O3S/c1-11-14-9-15(16(22)20(3)12(2)18(23)24)25-17(14)21(19-11)10-13-7-5-4-6-8-13/h4-9,12H,10H2,1-3H3,(H,23,24). The highest BCUT2D eigenvalue weighted by Crippen LogP contribution is 2.29. The van der Waals surface area contributed by atoms with Gasteiger partial charge in [-0.1, -0.05) is 30.3 Å². The van der Waals surface area contributed by atoms with Gasteiger partial charge in [-0.2, -0.15) is 5.10 Å². The van der Waals surface area contributed by atoms with E-state index in [1.807, 2.05) is 41.9 Å². The van der Waals surface area contributed by atoms with Gasteiger partial charge in [0.05, 0.1) is 17.1 Å². The molecule has 1 atom stereocenters. The predicted molar refractivity (Wildman–Crippen MR) is 97.1 cm³/mol. The summed E-state index contributed by atoms with van der Waals surface area (Å²) in [5.41, 5.74) is 1.99. The summed E-state index contributed by atoms with van der Waals surface area (Å²) in [6.07, 6.45) is 0. The molecule has 2 aromatic heterocycles. The fraction of sp³-hybridized carbons (Fsp3) is 0.278. The van der Waals surface area contributed by atoms with E-state index in [1.54, 1.807) is 6.07 Å². The Morgan fingerprint density at radius 3 is 2.64 bits per heavy atom. The monoisotopic (exact) mass is 357 g/mol. The molecule has 1 aromatic carbocycles. The number of carboxylic acids is 1. The molecule has 6 nitrogen and oxygen atoms in total. The average molecular weight is 357 g/mol. The second-order valence-corrected chi connectivity index (χ2v) is 7.02. The van der Waals surface area contributed by atoms with E-state index in [-0.39, 0.29) is 5.91 Å². The SMILES string of the molecule is Cc1nn(Cc2ccccc2)c2sc(C(=O)N(C)C(C)C(=O)O)cc12. The van der Waals surface area contributed by atoms with Crippen LogP contribution < -0.4 is 0 Å². The van der Waals surface area contributed by atoms with Crippen LogP contribution in [0.4, 0.5) is 0 Å². The van der Waals surface area contributed by atoms with E-state index >= 15 is 0 Å². The van der Waals surface area contributed by atoms with Crippen LogP contribution in [-0.2, 0) is 11.3 Å². The van der Waals surface area contributed by atoms with Crippen LogP contribution in [0.1, 0.15) is 27.9 Å². The van der Waals surface area contributed by atoms with Crippen molar-refractivity contribution in [3.63, 3.8) is 0 Å². The zero-order valence-electron chi connectivity index (χ0n) is 14.3. The molecule has 0 aliphatic carbocycles. The molecule has 0 aliphatic rings. The third kappa shape index (κ3) is 3.28. The van der Waals surface area contributed by atoms with Gasteiger partial charge in [0.1, 0.15) is 10.9 Å². The molecule has 0 saturated carbocycles. The van der Waals surface area contributed by atoms with Crippen molar-refractivity contribution in [2.45, 2.75) is 26.4 Å². The molecular formula is C18H19N3O3S. The highest BCUT2D eigenvalue weighted by Gasteiger charge is 2.25. The maximum atomic E-state index is 12.6. The van der Waals surface area contributed by atoms with Crippen LogP contribution in [0.5, 0.6) is 0 Å². The zero-order chi connectivity index (χ0) is 18.1. The van der Waals surface area contributed by atoms with Crippen LogP contribution in [0.25, 0.3) is 10.2 Å². The molecule has 3 aromatic rings. The molecule has 0 fully saturated rings. The Morgan fingerprint density at radius 1 is 1.32 bits per heavy atom. The number of hydrogen-bond acceptors (Lipinski definition) is 4. The molecule has 0 radical (unpaired) electrons.